The van der Waals surface area contributed by atoms with Crippen LogP contribution in [0.3, 0.4) is 0 Å². The zero-order chi connectivity index (χ0) is 15.6. The van der Waals surface area contributed by atoms with Crippen LogP contribution in [0.25, 0.3) is 0 Å². The zero-order valence-corrected chi connectivity index (χ0v) is 13.9. The number of aldehydes is 1. The summed E-state index contributed by atoms with van der Waals surface area (Å²) >= 11 is 0. The van der Waals surface area contributed by atoms with Crippen molar-refractivity contribution in [1.29, 1.82) is 0 Å². The molecule has 0 fully saturated rings. The highest BCUT2D eigenvalue weighted by atomic mass is 16.1. The Kier molecular flexibility index (Phi) is 19.0. The first-order chi connectivity index (χ1) is 9.58. The van der Waals surface area contributed by atoms with Crippen LogP contribution in [-0.4, -0.2) is 6.29 Å². The van der Waals surface area contributed by atoms with E-state index in [1.165, 1.54) is 37.7 Å². The topological polar surface area (TPSA) is 17.1 Å². The molecule has 0 amide bonds. The van der Waals surface area contributed by atoms with Gasteiger partial charge in [-0.1, -0.05) is 75.5 Å². The minimum atomic E-state index is 0.756. The van der Waals surface area contributed by atoms with E-state index in [0.717, 1.165) is 37.5 Å². The van der Waals surface area contributed by atoms with Crippen molar-refractivity contribution >= 4 is 6.29 Å². The SMILES string of the molecule is C=CC(=C)CCC=C(C)C.CCCCCCCCC=O. The van der Waals surface area contributed by atoms with Crippen molar-refractivity contribution < 1.29 is 4.79 Å². The van der Waals surface area contributed by atoms with Crippen LogP contribution in [-0.2, 0) is 4.79 Å². The Morgan fingerprint density at radius 2 is 1.60 bits per heavy atom. The van der Waals surface area contributed by atoms with Gasteiger partial charge in [-0.3, -0.25) is 0 Å². The van der Waals surface area contributed by atoms with Gasteiger partial charge in [0.2, 0.25) is 0 Å². The molecule has 1 heteroatoms. The summed E-state index contributed by atoms with van der Waals surface area (Å²) in [4.78, 5) is 9.89. The molecule has 0 saturated carbocycles. The molecule has 0 spiro atoms. The minimum absolute atomic E-state index is 0.756. The van der Waals surface area contributed by atoms with Crippen LogP contribution in [0.2, 0.25) is 0 Å². The highest BCUT2D eigenvalue weighted by Gasteiger charge is 1.87. The van der Waals surface area contributed by atoms with E-state index >= 15 is 0 Å². The third kappa shape index (κ3) is 22.1. The Balaban J connectivity index is 0. The van der Waals surface area contributed by atoms with Crippen molar-refractivity contribution in [3.8, 4) is 0 Å². The molecule has 0 N–H and O–H groups in total. The molecule has 0 rings (SSSR count). The Bertz CT molecular complexity index is 269. The largest absolute Gasteiger partial charge is 0.303 e. The fourth-order valence-corrected chi connectivity index (χ4v) is 1.66. The first-order valence-electron chi connectivity index (χ1n) is 7.95. The summed E-state index contributed by atoms with van der Waals surface area (Å²) in [6.07, 6.45) is 15.6. The molecular formula is C19H34O. The third-order valence-corrected chi connectivity index (χ3v) is 2.98. The van der Waals surface area contributed by atoms with Gasteiger partial charge in [0, 0.05) is 6.42 Å². The molecule has 0 atom stereocenters. The van der Waals surface area contributed by atoms with Gasteiger partial charge < -0.3 is 4.79 Å². The second-order valence-electron chi connectivity index (χ2n) is 5.41. The summed E-state index contributed by atoms with van der Waals surface area (Å²) in [6.45, 7) is 13.9. The molecule has 0 heterocycles. The number of carbonyl (C=O) groups excluding carboxylic acids is 1. The maximum Gasteiger partial charge on any atom is 0.119 e. The van der Waals surface area contributed by atoms with E-state index in [9.17, 15) is 4.79 Å². The summed E-state index contributed by atoms with van der Waals surface area (Å²) in [5, 5.41) is 0. The fourth-order valence-electron chi connectivity index (χ4n) is 1.66. The van der Waals surface area contributed by atoms with Crippen molar-refractivity contribution in [3.63, 3.8) is 0 Å². The average Bonchev–Trinajstić information content (AvgIpc) is 2.43. The van der Waals surface area contributed by atoms with Gasteiger partial charge in [-0.25, -0.2) is 0 Å². The summed E-state index contributed by atoms with van der Waals surface area (Å²) in [5.74, 6) is 0. The van der Waals surface area contributed by atoms with Crippen LogP contribution in [0.4, 0.5) is 0 Å². The molecule has 0 unspecified atom stereocenters. The van der Waals surface area contributed by atoms with Gasteiger partial charge in [0.05, 0.1) is 0 Å². The van der Waals surface area contributed by atoms with Crippen LogP contribution < -0.4 is 0 Å². The van der Waals surface area contributed by atoms with E-state index in [2.05, 4.69) is 40.0 Å². The van der Waals surface area contributed by atoms with Gasteiger partial charge >= 0.3 is 0 Å². The number of hydrogen-bond acceptors (Lipinski definition) is 1. The lowest BCUT2D eigenvalue weighted by Gasteiger charge is -1.95. The summed E-state index contributed by atoms with van der Waals surface area (Å²) in [6, 6.07) is 0. The number of hydrogen-bond donors (Lipinski definition) is 0. The predicted octanol–water partition coefficient (Wildman–Crippen LogP) is 6.41. The monoisotopic (exact) mass is 278 g/mol. The van der Waals surface area contributed by atoms with Crippen LogP contribution in [0.15, 0.2) is 36.5 Å². The Labute approximate surface area is 126 Å². The molecule has 0 aromatic carbocycles. The first-order valence-corrected chi connectivity index (χ1v) is 7.95. The van der Waals surface area contributed by atoms with E-state index in [1.807, 2.05) is 6.08 Å². The van der Waals surface area contributed by atoms with E-state index in [4.69, 9.17) is 0 Å². The molecule has 1 nitrogen and oxygen atoms in total. The first kappa shape index (κ1) is 21.2. The highest BCUT2D eigenvalue weighted by molar-refractivity contribution is 5.48. The van der Waals surface area contributed by atoms with Crippen molar-refractivity contribution in [2.24, 2.45) is 0 Å². The number of carbonyl (C=O) groups is 1. The standard InChI is InChI=1S/C10H16.C9H18O/c1-5-10(4)8-6-7-9(2)3;1-2-3-4-5-6-7-8-9-10/h5,7H,1,4,6,8H2,2-3H3;9H,2-8H2,1H3. The van der Waals surface area contributed by atoms with Crippen molar-refractivity contribution in [2.45, 2.75) is 78.6 Å². The molecule has 0 aliphatic heterocycles. The molecule has 0 bridgehead atoms. The van der Waals surface area contributed by atoms with Gasteiger partial charge in [0.15, 0.2) is 0 Å². The maximum atomic E-state index is 9.89. The fraction of sp³-hybridized carbons (Fsp3) is 0.632. The lowest BCUT2D eigenvalue weighted by molar-refractivity contribution is -0.107. The molecule has 0 saturated heterocycles. The molecule has 0 aromatic rings. The quantitative estimate of drug-likeness (QED) is 0.185. The summed E-state index contributed by atoms with van der Waals surface area (Å²) in [7, 11) is 0. The van der Waals surface area contributed by atoms with Crippen molar-refractivity contribution in [3.05, 3.63) is 36.5 Å². The van der Waals surface area contributed by atoms with Gasteiger partial charge in [-0.2, -0.15) is 0 Å². The van der Waals surface area contributed by atoms with Crippen LogP contribution in [0, 0.1) is 0 Å². The van der Waals surface area contributed by atoms with E-state index < -0.39 is 0 Å². The third-order valence-electron chi connectivity index (χ3n) is 2.98. The van der Waals surface area contributed by atoms with Gasteiger partial charge in [0.1, 0.15) is 6.29 Å². The molecule has 0 aromatic heterocycles. The number of allylic oxidation sites excluding steroid dienone is 4. The Morgan fingerprint density at radius 3 is 2.10 bits per heavy atom. The van der Waals surface area contributed by atoms with Crippen molar-refractivity contribution in [2.75, 3.05) is 0 Å². The second-order valence-corrected chi connectivity index (χ2v) is 5.41. The van der Waals surface area contributed by atoms with Crippen LogP contribution >= 0.6 is 0 Å². The highest BCUT2D eigenvalue weighted by Crippen LogP contribution is 2.05. The molecule has 0 aliphatic rings. The minimum Gasteiger partial charge on any atom is -0.303 e. The normalized spacial score (nSPS) is 9.15. The molecule has 0 aliphatic carbocycles. The van der Waals surface area contributed by atoms with Crippen LogP contribution in [0.1, 0.15) is 78.6 Å². The lowest BCUT2D eigenvalue weighted by Crippen LogP contribution is -1.79. The van der Waals surface area contributed by atoms with E-state index in [1.54, 1.807) is 0 Å². The maximum absolute atomic E-state index is 9.89. The Hall–Kier alpha value is -1.11. The van der Waals surface area contributed by atoms with E-state index in [-0.39, 0.29) is 0 Å². The number of rotatable bonds is 11. The smallest absolute Gasteiger partial charge is 0.119 e. The predicted molar refractivity (Wildman–Crippen MR) is 92.1 cm³/mol. The van der Waals surface area contributed by atoms with Gasteiger partial charge in [-0.15, -0.1) is 0 Å². The molecule has 0 radical (unpaired) electrons. The molecule has 20 heavy (non-hydrogen) atoms. The van der Waals surface area contributed by atoms with E-state index in [0.29, 0.717) is 0 Å². The van der Waals surface area contributed by atoms with Gasteiger partial charge in [0.25, 0.3) is 0 Å². The van der Waals surface area contributed by atoms with Gasteiger partial charge in [-0.05, 0) is 33.1 Å². The average molecular weight is 278 g/mol. The summed E-state index contributed by atoms with van der Waals surface area (Å²) < 4.78 is 0. The lowest BCUT2D eigenvalue weighted by atomic mass is 10.1. The second kappa shape index (κ2) is 17.9. The zero-order valence-electron chi connectivity index (χ0n) is 13.9. The molecule has 116 valence electrons. The van der Waals surface area contributed by atoms with Crippen LogP contribution in [0.5, 0.6) is 0 Å². The summed E-state index contributed by atoms with van der Waals surface area (Å²) in [5.41, 5.74) is 2.49. The Morgan fingerprint density at radius 1 is 1.00 bits per heavy atom. The number of unbranched alkanes of at least 4 members (excludes halogenated alkanes) is 6. The van der Waals surface area contributed by atoms with Crippen molar-refractivity contribution in [1.82, 2.24) is 0 Å². The molecular weight excluding hydrogens is 244 g/mol.